The van der Waals surface area contributed by atoms with Gasteiger partial charge in [-0.1, -0.05) is 40.9 Å². The molecule has 108 valence electrons. The Bertz CT molecular complexity index is 717. The van der Waals surface area contributed by atoms with Gasteiger partial charge >= 0.3 is 0 Å². The molecule has 1 atom stereocenters. The lowest BCUT2D eigenvalue weighted by molar-refractivity contribution is -0.115. The molecule has 0 bridgehead atoms. The summed E-state index contributed by atoms with van der Waals surface area (Å²) in [5.41, 5.74) is 3.04. The van der Waals surface area contributed by atoms with E-state index in [0.717, 1.165) is 6.42 Å². The Labute approximate surface area is 137 Å². The van der Waals surface area contributed by atoms with Gasteiger partial charge in [-0.3, -0.25) is 4.79 Å². The molecule has 0 aliphatic carbocycles. The minimum atomic E-state index is -0.117. The third kappa shape index (κ3) is 3.20. The minimum absolute atomic E-state index is 0.0296. The maximum atomic E-state index is 12.4. The average Bonchev–Trinajstić information content (AvgIpc) is 2.85. The van der Waals surface area contributed by atoms with Crippen LogP contribution in [0.15, 0.2) is 41.3 Å². The number of hydrogen-bond donors (Lipinski definition) is 1. The van der Waals surface area contributed by atoms with Gasteiger partial charge < -0.3 is 5.32 Å². The van der Waals surface area contributed by atoms with Crippen molar-refractivity contribution in [3.05, 3.63) is 57.6 Å². The monoisotopic (exact) mass is 337 g/mol. The molecule has 0 fully saturated rings. The first kappa shape index (κ1) is 14.8. The van der Waals surface area contributed by atoms with Crippen LogP contribution in [0.5, 0.6) is 0 Å². The predicted molar refractivity (Wildman–Crippen MR) is 89.6 cm³/mol. The highest BCUT2D eigenvalue weighted by Gasteiger charge is 2.28. The van der Waals surface area contributed by atoms with Crippen LogP contribution in [0.3, 0.4) is 0 Å². The quantitative estimate of drug-likeness (QED) is 0.839. The van der Waals surface area contributed by atoms with Crippen LogP contribution in [-0.2, 0) is 11.2 Å². The molecular formula is C16H13Cl2NOS. The van der Waals surface area contributed by atoms with Crippen molar-refractivity contribution in [2.45, 2.75) is 23.5 Å². The van der Waals surface area contributed by atoms with Gasteiger partial charge in [0.05, 0.1) is 16.0 Å². The molecule has 0 aromatic heterocycles. The Morgan fingerprint density at radius 1 is 1.24 bits per heavy atom. The van der Waals surface area contributed by atoms with Crippen molar-refractivity contribution in [3.8, 4) is 0 Å². The summed E-state index contributed by atoms with van der Waals surface area (Å²) < 4.78 is 0. The van der Waals surface area contributed by atoms with Gasteiger partial charge in [0.25, 0.3) is 0 Å². The average molecular weight is 338 g/mol. The third-order valence-corrected chi connectivity index (χ3v) is 5.23. The highest BCUT2D eigenvalue weighted by molar-refractivity contribution is 8.01. The fourth-order valence-electron chi connectivity index (χ4n) is 2.29. The van der Waals surface area contributed by atoms with Crippen molar-refractivity contribution in [2.75, 3.05) is 5.32 Å². The number of hydrogen-bond acceptors (Lipinski definition) is 2. The summed E-state index contributed by atoms with van der Waals surface area (Å²) in [6, 6.07) is 11.4. The smallest absolute Gasteiger partial charge is 0.238 e. The molecular weight excluding hydrogens is 325 g/mol. The first-order chi connectivity index (χ1) is 10.0. The van der Waals surface area contributed by atoms with E-state index in [-0.39, 0.29) is 11.2 Å². The van der Waals surface area contributed by atoms with Crippen molar-refractivity contribution in [1.29, 1.82) is 0 Å². The van der Waals surface area contributed by atoms with Crippen LogP contribution in [-0.4, -0.2) is 11.2 Å². The summed E-state index contributed by atoms with van der Waals surface area (Å²) in [6.45, 7) is 2.06. The zero-order chi connectivity index (χ0) is 15.0. The van der Waals surface area contributed by atoms with E-state index < -0.39 is 0 Å². The molecule has 0 saturated carbocycles. The molecule has 1 heterocycles. The van der Waals surface area contributed by atoms with Gasteiger partial charge in [-0.25, -0.2) is 0 Å². The minimum Gasteiger partial charge on any atom is -0.324 e. The molecule has 0 saturated heterocycles. The molecule has 3 rings (SSSR count). The van der Waals surface area contributed by atoms with Gasteiger partial charge in [0.1, 0.15) is 0 Å². The highest BCUT2D eigenvalue weighted by atomic mass is 35.5. The molecule has 0 radical (unpaired) electrons. The summed E-state index contributed by atoms with van der Waals surface area (Å²) in [5, 5.41) is 3.76. The van der Waals surface area contributed by atoms with Crippen LogP contribution in [0.25, 0.3) is 0 Å². The van der Waals surface area contributed by atoms with E-state index in [4.69, 9.17) is 23.2 Å². The van der Waals surface area contributed by atoms with Crippen LogP contribution in [0.1, 0.15) is 11.1 Å². The number of anilines is 1. The first-order valence-electron chi connectivity index (χ1n) is 6.55. The maximum absolute atomic E-state index is 12.4. The second kappa shape index (κ2) is 5.91. The number of halogens is 2. The zero-order valence-electron chi connectivity index (χ0n) is 11.3. The number of amides is 1. The third-order valence-electron chi connectivity index (χ3n) is 3.38. The highest BCUT2D eigenvalue weighted by Crippen LogP contribution is 2.38. The number of thioether (sulfide) groups is 1. The van der Waals surface area contributed by atoms with Gasteiger partial charge in [0.15, 0.2) is 0 Å². The van der Waals surface area contributed by atoms with Crippen LogP contribution in [0.4, 0.5) is 5.69 Å². The summed E-state index contributed by atoms with van der Waals surface area (Å²) in [4.78, 5) is 13.6. The van der Waals surface area contributed by atoms with E-state index in [1.807, 2.05) is 0 Å². The lowest BCUT2D eigenvalue weighted by atomic mass is 10.1. The van der Waals surface area contributed by atoms with Crippen LogP contribution >= 0.6 is 35.0 Å². The predicted octanol–water partition coefficient (Wildman–Crippen LogP) is 4.96. The number of rotatable bonds is 2. The molecule has 1 aliphatic rings. The normalized spacial score (nSPS) is 16.6. The molecule has 0 unspecified atom stereocenters. The summed E-state index contributed by atoms with van der Waals surface area (Å²) in [6.07, 6.45) is 0.747. The molecule has 0 spiro atoms. The van der Waals surface area contributed by atoms with Crippen molar-refractivity contribution in [2.24, 2.45) is 0 Å². The van der Waals surface area contributed by atoms with Crippen molar-refractivity contribution >= 4 is 46.6 Å². The maximum Gasteiger partial charge on any atom is 0.238 e. The van der Waals surface area contributed by atoms with Crippen LogP contribution < -0.4 is 5.32 Å². The largest absolute Gasteiger partial charge is 0.324 e. The molecule has 5 heteroatoms. The number of carbonyl (C=O) groups excluding carboxylic acids is 1. The standard InChI is InChI=1S/C16H13Cl2NOS/c1-9-2-3-10-7-15(21-14(10)6-9)16(20)19-13-5-4-11(17)8-12(13)18/h2-6,8,15H,7H2,1H3,(H,19,20)/t15-/m1/s1. The molecule has 2 aromatic carbocycles. The Morgan fingerprint density at radius 2 is 2.05 bits per heavy atom. The summed E-state index contributed by atoms with van der Waals surface area (Å²) >= 11 is 13.5. The number of fused-ring (bicyclic) bond motifs is 1. The SMILES string of the molecule is Cc1ccc2c(c1)S[C@@H](C(=O)Nc1ccc(Cl)cc1Cl)C2. The number of benzene rings is 2. The summed E-state index contributed by atoms with van der Waals surface area (Å²) in [5.74, 6) is -0.0296. The van der Waals surface area contributed by atoms with Crippen LogP contribution in [0, 0.1) is 6.92 Å². The van der Waals surface area contributed by atoms with Gasteiger partial charge in [-0.2, -0.15) is 0 Å². The number of carbonyl (C=O) groups is 1. The van der Waals surface area contributed by atoms with Gasteiger partial charge in [-0.05, 0) is 43.2 Å². The molecule has 2 nitrogen and oxygen atoms in total. The van der Waals surface area contributed by atoms with Gasteiger partial charge in [0, 0.05) is 9.92 Å². The van der Waals surface area contributed by atoms with E-state index in [9.17, 15) is 4.79 Å². The van der Waals surface area contributed by atoms with Crippen molar-refractivity contribution in [1.82, 2.24) is 0 Å². The molecule has 1 amide bonds. The van der Waals surface area contributed by atoms with E-state index in [2.05, 4.69) is 30.4 Å². The fourth-order valence-corrected chi connectivity index (χ4v) is 4.03. The zero-order valence-corrected chi connectivity index (χ0v) is 13.6. The van der Waals surface area contributed by atoms with E-state index in [1.165, 1.54) is 16.0 Å². The lowest BCUT2D eigenvalue weighted by Gasteiger charge is -2.11. The van der Waals surface area contributed by atoms with Gasteiger partial charge in [0.2, 0.25) is 5.91 Å². The van der Waals surface area contributed by atoms with E-state index in [0.29, 0.717) is 15.7 Å². The van der Waals surface area contributed by atoms with Crippen LogP contribution in [0.2, 0.25) is 10.0 Å². The Balaban J connectivity index is 1.73. The molecule has 1 N–H and O–H groups in total. The van der Waals surface area contributed by atoms with E-state index in [1.54, 1.807) is 30.0 Å². The van der Waals surface area contributed by atoms with Gasteiger partial charge in [-0.15, -0.1) is 11.8 Å². The Kier molecular flexibility index (Phi) is 4.16. The molecule has 21 heavy (non-hydrogen) atoms. The first-order valence-corrected chi connectivity index (χ1v) is 8.18. The topological polar surface area (TPSA) is 29.1 Å². The second-order valence-electron chi connectivity index (χ2n) is 5.04. The molecule has 1 aliphatic heterocycles. The lowest BCUT2D eigenvalue weighted by Crippen LogP contribution is -2.24. The molecule has 2 aromatic rings. The number of aryl methyl sites for hydroxylation is 1. The second-order valence-corrected chi connectivity index (χ2v) is 7.12. The van der Waals surface area contributed by atoms with Crippen molar-refractivity contribution < 1.29 is 4.79 Å². The Hall–Kier alpha value is -1.16. The summed E-state index contributed by atoms with van der Waals surface area (Å²) in [7, 11) is 0. The number of nitrogens with one attached hydrogen (secondary N) is 1. The van der Waals surface area contributed by atoms with E-state index >= 15 is 0 Å². The fraction of sp³-hybridized carbons (Fsp3) is 0.188. The Morgan fingerprint density at radius 3 is 2.81 bits per heavy atom. The van der Waals surface area contributed by atoms with Crippen molar-refractivity contribution in [3.63, 3.8) is 0 Å².